The first-order valence-electron chi connectivity index (χ1n) is 5.98. The third-order valence-electron chi connectivity index (χ3n) is 5.29. The van der Waals surface area contributed by atoms with Gasteiger partial charge in [-0.3, -0.25) is 0 Å². The molecule has 0 unspecified atom stereocenters. The van der Waals surface area contributed by atoms with Gasteiger partial charge in [0.2, 0.25) is 0 Å². The molecule has 0 aromatic rings. The quantitative estimate of drug-likeness (QED) is 0.661. The second-order valence-electron chi connectivity index (χ2n) is 5.88. The Hall–Kier alpha value is 0.250. The van der Waals surface area contributed by atoms with E-state index in [1.807, 2.05) is 0 Å². The maximum atomic E-state index is 6.42. The normalized spacial score (nSPS) is 55.3. The molecule has 0 saturated heterocycles. The molecule has 2 N–H and O–H groups in total. The minimum absolute atomic E-state index is 0. The van der Waals surface area contributed by atoms with Crippen molar-refractivity contribution in [2.24, 2.45) is 28.9 Å². The Morgan fingerprint density at radius 2 is 2.00 bits per heavy atom. The summed E-state index contributed by atoms with van der Waals surface area (Å²) < 4.78 is 0. The molecule has 3 rings (SSSR count). The third-order valence-corrected chi connectivity index (χ3v) is 5.29. The number of fused-ring (bicyclic) bond motifs is 3. The summed E-state index contributed by atoms with van der Waals surface area (Å²) in [5.41, 5.74) is 7.04. The lowest BCUT2D eigenvalue weighted by atomic mass is 9.68. The molecule has 2 heteroatoms. The van der Waals surface area contributed by atoms with Crippen LogP contribution in [0.4, 0.5) is 0 Å². The van der Waals surface area contributed by atoms with Crippen molar-refractivity contribution in [1.82, 2.24) is 0 Å². The van der Waals surface area contributed by atoms with Gasteiger partial charge in [-0.1, -0.05) is 13.3 Å². The molecule has 5 atom stereocenters. The zero-order chi connectivity index (χ0) is 9.05. The Morgan fingerprint density at radius 1 is 1.21 bits per heavy atom. The van der Waals surface area contributed by atoms with Gasteiger partial charge in [0.15, 0.2) is 0 Å². The fourth-order valence-corrected chi connectivity index (χ4v) is 4.65. The van der Waals surface area contributed by atoms with E-state index in [9.17, 15) is 0 Å². The smallest absolute Gasteiger partial charge is 0.0127 e. The van der Waals surface area contributed by atoms with E-state index < -0.39 is 0 Å². The van der Waals surface area contributed by atoms with E-state index in [2.05, 4.69) is 6.92 Å². The van der Waals surface area contributed by atoms with E-state index in [4.69, 9.17) is 5.73 Å². The Labute approximate surface area is 93.2 Å². The molecule has 82 valence electrons. The molecule has 0 aromatic heterocycles. The van der Waals surface area contributed by atoms with Crippen molar-refractivity contribution in [2.75, 3.05) is 0 Å². The largest absolute Gasteiger partial charge is 0.327 e. The molecular weight excluding hydrogens is 194 g/mol. The van der Waals surface area contributed by atoms with Crippen LogP contribution >= 0.6 is 12.4 Å². The number of nitrogens with two attached hydrogens (primary N) is 1. The standard InChI is InChI=1S/C12H21N.ClH/c1-8-4-5-12(7-8)10-3-2-9(6-10)11(12)13;/h8-11H,2-7,13H2,1H3;1H/t8-,9+,10-,11+,12-;/m1./s1. The summed E-state index contributed by atoms with van der Waals surface area (Å²) in [6.45, 7) is 2.41. The molecule has 0 amide bonds. The van der Waals surface area contributed by atoms with E-state index >= 15 is 0 Å². The van der Waals surface area contributed by atoms with Gasteiger partial charge in [-0.15, -0.1) is 12.4 Å². The van der Waals surface area contributed by atoms with Crippen LogP contribution in [0.3, 0.4) is 0 Å². The molecule has 3 aliphatic rings. The fourth-order valence-electron chi connectivity index (χ4n) is 4.65. The first-order chi connectivity index (χ1) is 6.22. The maximum absolute atomic E-state index is 6.42. The zero-order valence-corrected chi connectivity index (χ0v) is 9.85. The van der Waals surface area contributed by atoms with Crippen LogP contribution in [-0.2, 0) is 0 Å². The Morgan fingerprint density at radius 3 is 2.50 bits per heavy atom. The van der Waals surface area contributed by atoms with Crippen molar-refractivity contribution in [3.8, 4) is 0 Å². The summed E-state index contributed by atoms with van der Waals surface area (Å²) in [7, 11) is 0. The molecule has 14 heavy (non-hydrogen) atoms. The van der Waals surface area contributed by atoms with Gasteiger partial charge < -0.3 is 5.73 Å². The van der Waals surface area contributed by atoms with Crippen LogP contribution in [0, 0.1) is 23.2 Å². The van der Waals surface area contributed by atoms with Crippen LogP contribution in [0.1, 0.15) is 45.4 Å². The number of halogens is 1. The van der Waals surface area contributed by atoms with Crippen LogP contribution in [0.2, 0.25) is 0 Å². The van der Waals surface area contributed by atoms with Crippen LogP contribution in [0.5, 0.6) is 0 Å². The summed E-state index contributed by atoms with van der Waals surface area (Å²) in [6, 6.07) is 0.566. The van der Waals surface area contributed by atoms with Gasteiger partial charge >= 0.3 is 0 Å². The van der Waals surface area contributed by atoms with E-state index in [0.717, 1.165) is 17.8 Å². The molecule has 1 nitrogen and oxygen atoms in total. The zero-order valence-electron chi connectivity index (χ0n) is 9.04. The molecule has 3 saturated carbocycles. The van der Waals surface area contributed by atoms with Crippen LogP contribution in [-0.4, -0.2) is 6.04 Å². The van der Waals surface area contributed by atoms with E-state index in [1.165, 1.54) is 38.5 Å². The highest BCUT2D eigenvalue weighted by molar-refractivity contribution is 5.85. The van der Waals surface area contributed by atoms with Crippen molar-refractivity contribution in [3.05, 3.63) is 0 Å². The molecule has 0 aliphatic heterocycles. The monoisotopic (exact) mass is 215 g/mol. The molecule has 0 heterocycles. The van der Waals surface area contributed by atoms with E-state index in [0.29, 0.717) is 11.5 Å². The Kier molecular flexibility index (Phi) is 2.60. The second-order valence-corrected chi connectivity index (χ2v) is 5.88. The average Bonchev–Trinajstić information content (AvgIpc) is 2.73. The van der Waals surface area contributed by atoms with Gasteiger partial charge in [-0.05, 0) is 55.3 Å². The molecule has 2 bridgehead atoms. The highest BCUT2D eigenvalue weighted by atomic mass is 35.5. The van der Waals surface area contributed by atoms with Crippen molar-refractivity contribution in [3.63, 3.8) is 0 Å². The summed E-state index contributed by atoms with van der Waals surface area (Å²) in [5.74, 6) is 2.86. The topological polar surface area (TPSA) is 26.0 Å². The summed E-state index contributed by atoms with van der Waals surface area (Å²) in [5, 5.41) is 0. The van der Waals surface area contributed by atoms with Crippen molar-refractivity contribution in [1.29, 1.82) is 0 Å². The Bertz CT molecular complexity index is 226. The molecule has 3 fully saturated rings. The van der Waals surface area contributed by atoms with Gasteiger partial charge in [-0.25, -0.2) is 0 Å². The first-order valence-corrected chi connectivity index (χ1v) is 5.98. The predicted molar refractivity (Wildman–Crippen MR) is 61.5 cm³/mol. The minimum Gasteiger partial charge on any atom is -0.327 e. The van der Waals surface area contributed by atoms with Crippen LogP contribution in [0.25, 0.3) is 0 Å². The molecule has 1 spiro atoms. The fraction of sp³-hybridized carbons (Fsp3) is 1.00. The Balaban J connectivity index is 0.000000750. The lowest BCUT2D eigenvalue weighted by Crippen LogP contribution is -2.44. The van der Waals surface area contributed by atoms with E-state index in [-0.39, 0.29) is 12.4 Å². The van der Waals surface area contributed by atoms with Crippen molar-refractivity contribution >= 4 is 12.4 Å². The summed E-state index contributed by atoms with van der Waals surface area (Å²) in [4.78, 5) is 0. The van der Waals surface area contributed by atoms with Gasteiger partial charge in [0.1, 0.15) is 0 Å². The molecular formula is C12H22ClN. The van der Waals surface area contributed by atoms with Gasteiger partial charge in [0.25, 0.3) is 0 Å². The van der Waals surface area contributed by atoms with Crippen LogP contribution in [0.15, 0.2) is 0 Å². The highest BCUT2D eigenvalue weighted by Gasteiger charge is 2.58. The maximum Gasteiger partial charge on any atom is 0.0127 e. The minimum atomic E-state index is 0. The lowest BCUT2D eigenvalue weighted by Gasteiger charge is -2.39. The lowest BCUT2D eigenvalue weighted by molar-refractivity contribution is 0.134. The van der Waals surface area contributed by atoms with E-state index in [1.54, 1.807) is 0 Å². The average molecular weight is 216 g/mol. The molecule has 0 aromatic carbocycles. The number of rotatable bonds is 0. The predicted octanol–water partition coefficient (Wildman–Crippen LogP) is 2.97. The van der Waals surface area contributed by atoms with Gasteiger partial charge in [0, 0.05) is 6.04 Å². The number of hydrogen-bond donors (Lipinski definition) is 1. The highest BCUT2D eigenvalue weighted by Crippen LogP contribution is 2.62. The summed E-state index contributed by atoms with van der Waals surface area (Å²) >= 11 is 0. The summed E-state index contributed by atoms with van der Waals surface area (Å²) in [6.07, 6.45) is 8.71. The number of hydrogen-bond acceptors (Lipinski definition) is 1. The second kappa shape index (κ2) is 3.38. The van der Waals surface area contributed by atoms with Crippen molar-refractivity contribution in [2.45, 2.75) is 51.5 Å². The van der Waals surface area contributed by atoms with Crippen molar-refractivity contribution < 1.29 is 0 Å². The third kappa shape index (κ3) is 1.18. The molecule has 0 radical (unpaired) electrons. The first kappa shape index (κ1) is 10.8. The molecule has 3 aliphatic carbocycles. The SMILES string of the molecule is C[C@@H]1CC[C@@]2(C1)[C@@H]1CC[C@@H](C1)[C@@H]2N.Cl. The van der Waals surface area contributed by atoms with Crippen LogP contribution < -0.4 is 5.73 Å². The van der Waals surface area contributed by atoms with Gasteiger partial charge in [-0.2, -0.15) is 0 Å². The van der Waals surface area contributed by atoms with Gasteiger partial charge in [0.05, 0.1) is 0 Å².